The average Bonchev–Trinajstić information content (AvgIpc) is 2.97. The van der Waals surface area contributed by atoms with Gasteiger partial charge in [-0.3, -0.25) is 9.59 Å². The van der Waals surface area contributed by atoms with E-state index in [2.05, 4.69) is 4.90 Å². The standard InChI is InChI=1S/C23H22Cl2N2O2/c1-14-6-7-16(12-15(14)2)20-21(26-10-4-3-5-11-26)23(29)27(22(20)28)17-8-9-18(24)19(25)13-17/h6-9,12-13H,3-5,10-11H2,1-2H3. The lowest BCUT2D eigenvalue weighted by molar-refractivity contribution is -0.120. The number of rotatable bonds is 3. The number of carbonyl (C=O) groups excluding carboxylic acids is 2. The van der Waals surface area contributed by atoms with Crippen molar-refractivity contribution < 1.29 is 9.59 Å². The zero-order valence-electron chi connectivity index (χ0n) is 16.5. The summed E-state index contributed by atoms with van der Waals surface area (Å²) in [5.74, 6) is -0.624. The van der Waals surface area contributed by atoms with Gasteiger partial charge in [0.25, 0.3) is 11.8 Å². The largest absolute Gasteiger partial charge is 0.366 e. The van der Waals surface area contributed by atoms with E-state index < -0.39 is 0 Å². The molecule has 2 aromatic rings. The molecule has 0 bridgehead atoms. The highest BCUT2D eigenvalue weighted by molar-refractivity contribution is 6.46. The number of halogens is 2. The average molecular weight is 429 g/mol. The zero-order valence-corrected chi connectivity index (χ0v) is 18.0. The van der Waals surface area contributed by atoms with Crippen molar-refractivity contribution in [1.82, 2.24) is 4.90 Å². The highest BCUT2D eigenvalue weighted by Crippen LogP contribution is 2.38. The number of likely N-dealkylation sites (tertiary alicyclic amines) is 1. The summed E-state index contributed by atoms with van der Waals surface area (Å²) < 4.78 is 0. The summed E-state index contributed by atoms with van der Waals surface area (Å²) in [6.07, 6.45) is 3.16. The van der Waals surface area contributed by atoms with Crippen LogP contribution in [0.4, 0.5) is 5.69 Å². The molecule has 0 N–H and O–H groups in total. The van der Waals surface area contributed by atoms with Crippen LogP contribution in [-0.4, -0.2) is 29.8 Å². The monoisotopic (exact) mass is 428 g/mol. The lowest BCUT2D eigenvalue weighted by Crippen LogP contribution is -2.37. The van der Waals surface area contributed by atoms with Crippen LogP contribution in [0.15, 0.2) is 42.1 Å². The predicted octanol–water partition coefficient (Wildman–Crippen LogP) is 5.38. The molecule has 2 aliphatic heterocycles. The summed E-state index contributed by atoms with van der Waals surface area (Å²) in [5, 5.41) is 0.692. The number of carbonyl (C=O) groups is 2. The maximum absolute atomic E-state index is 13.5. The first-order valence-corrected chi connectivity index (χ1v) is 10.5. The second-order valence-corrected chi connectivity index (χ2v) is 8.43. The molecule has 0 unspecified atom stereocenters. The summed E-state index contributed by atoms with van der Waals surface area (Å²) in [5.41, 5.74) is 4.39. The number of imide groups is 1. The van der Waals surface area contributed by atoms with E-state index in [1.165, 1.54) is 4.90 Å². The van der Waals surface area contributed by atoms with Gasteiger partial charge in [-0.1, -0.05) is 41.4 Å². The summed E-state index contributed by atoms with van der Waals surface area (Å²) in [6, 6.07) is 10.7. The molecule has 4 nitrogen and oxygen atoms in total. The smallest absolute Gasteiger partial charge is 0.282 e. The number of amides is 2. The topological polar surface area (TPSA) is 40.6 Å². The fourth-order valence-electron chi connectivity index (χ4n) is 3.94. The van der Waals surface area contributed by atoms with Crippen LogP contribution in [0.5, 0.6) is 0 Å². The maximum atomic E-state index is 13.5. The number of benzene rings is 2. The molecule has 6 heteroatoms. The minimum Gasteiger partial charge on any atom is -0.366 e. The molecule has 0 saturated carbocycles. The Labute approximate surface area is 180 Å². The van der Waals surface area contributed by atoms with E-state index in [1.54, 1.807) is 18.2 Å². The van der Waals surface area contributed by atoms with Crippen LogP contribution in [-0.2, 0) is 9.59 Å². The predicted molar refractivity (Wildman–Crippen MR) is 117 cm³/mol. The third kappa shape index (κ3) is 3.56. The Bertz CT molecular complexity index is 1040. The molecule has 0 aromatic heterocycles. The SMILES string of the molecule is Cc1ccc(C2=C(N3CCCCC3)C(=O)N(c3ccc(Cl)c(Cl)c3)C2=O)cc1C. The van der Waals surface area contributed by atoms with Gasteiger partial charge in [0.2, 0.25) is 0 Å². The number of anilines is 1. The molecule has 150 valence electrons. The molecule has 2 aromatic carbocycles. The maximum Gasteiger partial charge on any atom is 0.282 e. The summed E-state index contributed by atoms with van der Waals surface area (Å²) in [7, 11) is 0. The summed E-state index contributed by atoms with van der Waals surface area (Å²) >= 11 is 12.2. The van der Waals surface area contributed by atoms with Gasteiger partial charge < -0.3 is 4.90 Å². The van der Waals surface area contributed by atoms with Crippen molar-refractivity contribution in [2.24, 2.45) is 0 Å². The number of piperidine rings is 1. The number of hydrogen-bond acceptors (Lipinski definition) is 3. The second kappa shape index (κ2) is 7.85. The van der Waals surface area contributed by atoms with E-state index in [-0.39, 0.29) is 11.8 Å². The van der Waals surface area contributed by atoms with Gasteiger partial charge in [0.05, 0.1) is 21.3 Å². The number of aryl methyl sites for hydroxylation is 2. The van der Waals surface area contributed by atoms with E-state index in [9.17, 15) is 9.59 Å². The van der Waals surface area contributed by atoms with Gasteiger partial charge in [-0.2, -0.15) is 0 Å². The van der Waals surface area contributed by atoms with Crippen molar-refractivity contribution >= 4 is 46.3 Å². The third-order valence-electron chi connectivity index (χ3n) is 5.69. The lowest BCUT2D eigenvalue weighted by Gasteiger charge is -2.29. The van der Waals surface area contributed by atoms with Crippen LogP contribution >= 0.6 is 23.2 Å². The first kappa shape index (κ1) is 20.0. The van der Waals surface area contributed by atoms with Gasteiger partial charge in [0, 0.05) is 13.1 Å². The fourth-order valence-corrected chi connectivity index (χ4v) is 4.24. The molecular weight excluding hydrogens is 407 g/mol. The van der Waals surface area contributed by atoms with E-state index in [0.29, 0.717) is 27.0 Å². The van der Waals surface area contributed by atoms with Crippen molar-refractivity contribution in [3.05, 3.63) is 68.8 Å². The van der Waals surface area contributed by atoms with E-state index in [0.717, 1.165) is 49.0 Å². The molecule has 0 atom stereocenters. The number of nitrogens with zero attached hydrogens (tertiary/aromatic N) is 2. The Kier molecular flexibility index (Phi) is 5.41. The first-order chi connectivity index (χ1) is 13.9. The molecule has 1 fully saturated rings. The summed E-state index contributed by atoms with van der Waals surface area (Å²) in [4.78, 5) is 30.3. The van der Waals surface area contributed by atoms with Crippen molar-refractivity contribution in [2.45, 2.75) is 33.1 Å². The van der Waals surface area contributed by atoms with Crippen molar-refractivity contribution in [3.63, 3.8) is 0 Å². The van der Waals surface area contributed by atoms with Crippen molar-refractivity contribution in [1.29, 1.82) is 0 Å². The highest BCUT2D eigenvalue weighted by Gasteiger charge is 2.42. The van der Waals surface area contributed by atoms with Crippen molar-refractivity contribution in [3.8, 4) is 0 Å². The Morgan fingerprint density at radius 2 is 1.52 bits per heavy atom. The molecule has 0 spiro atoms. The molecule has 2 amide bonds. The van der Waals surface area contributed by atoms with Crippen molar-refractivity contribution in [2.75, 3.05) is 18.0 Å². The van der Waals surface area contributed by atoms with Gasteiger partial charge >= 0.3 is 0 Å². The molecular formula is C23H22Cl2N2O2. The number of hydrogen-bond donors (Lipinski definition) is 0. The Morgan fingerprint density at radius 3 is 2.17 bits per heavy atom. The van der Waals surface area contributed by atoms with Gasteiger partial charge in [-0.15, -0.1) is 0 Å². The second-order valence-electron chi connectivity index (χ2n) is 7.61. The van der Waals surface area contributed by atoms with Crippen LogP contribution in [0.3, 0.4) is 0 Å². The quantitative estimate of drug-likeness (QED) is 0.615. The van der Waals surface area contributed by atoms with Crippen LogP contribution in [0.25, 0.3) is 5.57 Å². The van der Waals surface area contributed by atoms with Crippen LogP contribution in [0.1, 0.15) is 36.0 Å². The lowest BCUT2D eigenvalue weighted by atomic mass is 9.98. The third-order valence-corrected chi connectivity index (χ3v) is 6.43. The van der Waals surface area contributed by atoms with E-state index >= 15 is 0 Å². The van der Waals surface area contributed by atoms with Crippen LogP contribution in [0.2, 0.25) is 10.0 Å². The molecule has 0 radical (unpaired) electrons. The fraction of sp³-hybridized carbons (Fsp3) is 0.304. The van der Waals surface area contributed by atoms with Gasteiger partial charge in [0.15, 0.2) is 0 Å². The zero-order chi connectivity index (χ0) is 20.7. The molecule has 29 heavy (non-hydrogen) atoms. The highest BCUT2D eigenvalue weighted by atomic mass is 35.5. The first-order valence-electron chi connectivity index (χ1n) is 9.79. The van der Waals surface area contributed by atoms with E-state index in [1.807, 2.05) is 32.0 Å². The normalized spacial score (nSPS) is 17.5. The Hall–Kier alpha value is -2.30. The van der Waals surface area contributed by atoms with Crippen LogP contribution in [0, 0.1) is 13.8 Å². The summed E-state index contributed by atoms with van der Waals surface area (Å²) in [6.45, 7) is 5.59. The minimum atomic E-state index is -0.322. The molecule has 2 aliphatic rings. The van der Waals surface area contributed by atoms with Crippen LogP contribution < -0.4 is 4.90 Å². The Morgan fingerprint density at radius 1 is 0.793 bits per heavy atom. The molecule has 2 heterocycles. The van der Waals surface area contributed by atoms with Gasteiger partial charge in [0.1, 0.15) is 5.70 Å². The van der Waals surface area contributed by atoms with Gasteiger partial charge in [-0.25, -0.2) is 4.90 Å². The molecule has 4 rings (SSSR count). The minimum absolute atomic E-state index is 0.302. The Balaban J connectivity index is 1.85. The molecule has 1 saturated heterocycles. The van der Waals surface area contributed by atoms with E-state index in [4.69, 9.17) is 23.2 Å². The van der Waals surface area contributed by atoms with Gasteiger partial charge in [-0.05, 0) is 68.0 Å². The molecule has 0 aliphatic carbocycles.